The molecule has 4 heterocycles. The van der Waals surface area contributed by atoms with Crippen LogP contribution in [-0.2, 0) is 0 Å². The Morgan fingerprint density at radius 1 is 0.857 bits per heavy atom. The minimum atomic E-state index is 0.0766. The zero-order valence-corrected chi connectivity index (χ0v) is 20.7. The molecule has 0 unspecified atom stereocenters. The van der Waals surface area contributed by atoms with E-state index in [-0.39, 0.29) is 5.91 Å². The Morgan fingerprint density at radius 3 is 2.14 bits per heavy atom. The lowest BCUT2D eigenvalue weighted by atomic mass is 9.96. The molecule has 3 aromatic rings. The van der Waals surface area contributed by atoms with E-state index in [1.54, 1.807) is 0 Å². The quantitative estimate of drug-likeness (QED) is 0.551. The number of carbonyl (C=O) groups is 1. The lowest BCUT2D eigenvalue weighted by Gasteiger charge is -2.44. The standard InChI is InChI=1S/C28H34N6O/c1-21-27(22(2)31-20-30-21)28(35)33-17-10-23(11-18-33)32-15-12-25(13-16-32)34(24-7-4-3-5-8-24)26-9-6-14-29-19-26/h3-9,14,19-20,23,25H,10-13,15-18H2,1-2H3. The Morgan fingerprint density at radius 2 is 1.51 bits per heavy atom. The lowest BCUT2D eigenvalue weighted by molar-refractivity contribution is 0.0577. The molecule has 7 heteroatoms. The highest BCUT2D eigenvalue weighted by Crippen LogP contribution is 2.32. The molecule has 0 saturated carbocycles. The number of anilines is 2. The van der Waals surface area contributed by atoms with Crippen molar-refractivity contribution in [3.63, 3.8) is 0 Å². The predicted molar refractivity (Wildman–Crippen MR) is 138 cm³/mol. The summed E-state index contributed by atoms with van der Waals surface area (Å²) in [5, 5.41) is 0. The van der Waals surface area contributed by atoms with Crippen molar-refractivity contribution >= 4 is 17.3 Å². The van der Waals surface area contributed by atoms with Gasteiger partial charge in [0.15, 0.2) is 0 Å². The van der Waals surface area contributed by atoms with Crippen molar-refractivity contribution < 1.29 is 4.79 Å². The van der Waals surface area contributed by atoms with E-state index in [2.05, 4.69) is 61.1 Å². The van der Waals surface area contributed by atoms with E-state index in [9.17, 15) is 4.79 Å². The number of likely N-dealkylation sites (tertiary alicyclic amines) is 2. The maximum atomic E-state index is 13.1. The molecule has 2 aliphatic heterocycles. The van der Waals surface area contributed by atoms with E-state index in [1.165, 1.54) is 12.0 Å². The van der Waals surface area contributed by atoms with Gasteiger partial charge in [-0.25, -0.2) is 9.97 Å². The number of carbonyl (C=O) groups excluding carboxylic acids is 1. The molecule has 2 aromatic heterocycles. The summed E-state index contributed by atoms with van der Waals surface area (Å²) < 4.78 is 0. The molecule has 0 aliphatic carbocycles. The van der Waals surface area contributed by atoms with Gasteiger partial charge in [-0.2, -0.15) is 0 Å². The average Bonchev–Trinajstić information content (AvgIpc) is 2.90. The van der Waals surface area contributed by atoms with Crippen LogP contribution in [-0.4, -0.2) is 68.9 Å². The van der Waals surface area contributed by atoms with Crippen LogP contribution in [0.4, 0.5) is 11.4 Å². The monoisotopic (exact) mass is 470 g/mol. The van der Waals surface area contributed by atoms with Crippen molar-refractivity contribution in [3.8, 4) is 0 Å². The number of benzene rings is 1. The van der Waals surface area contributed by atoms with Gasteiger partial charge in [0.05, 0.1) is 28.8 Å². The largest absolute Gasteiger partial charge is 0.338 e. The fourth-order valence-corrected chi connectivity index (χ4v) is 5.66. The van der Waals surface area contributed by atoms with Crippen LogP contribution in [0.15, 0.2) is 61.2 Å². The number of nitrogens with zero attached hydrogens (tertiary/aromatic N) is 6. The van der Waals surface area contributed by atoms with Crippen LogP contribution >= 0.6 is 0 Å². The fraction of sp³-hybridized carbons (Fsp3) is 0.429. The van der Waals surface area contributed by atoms with Gasteiger partial charge in [-0.1, -0.05) is 18.2 Å². The van der Waals surface area contributed by atoms with Crippen molar-refractivity contribution in [3.05, 3.63) is 78.1 Å². The van der Waals surface area contributed by atoms with E-state index in [4.69, 9.17) is 0 Å². The van der Waals surface area contributed by atoms with Crippen molar-refractivity contribution in [2.24, 2.45) is 0 Å². The van der Waals surface area contributed by atoms with Crippen LogP contribution in [0.2, 0.25) is 0 Å². The Hall–Kier alpha value is -3.32. The highest BCUT2D eigenvalue weighted by molar-refractivity contribution is 5.96. The summed E-state index contributed by atoms with van der Waals surface area (Å²) in [6, 6.07) is 15.8. The number of hydrogen-bond donors (Lipinski definition) is 0. The van der Waals surface area contributed by atoms with Crippen LogP contribution in [0.25, 0.3) is 0 Å². The number of amides is 1. The second kappa shape index (κ2) is 10.5. The summed E-state index contributed by atoms with van der Waals surface area (Å²) in [5.41, 5.74) is 4.58. The van der Waals surface area contributed by atoms with Gasteiger partial charge in [0, 0.05) is 50.1 Å². The first-order valence-electron chi connectivity index (χ1n) is 12.7. The second-order valence-electron chi connectivity index (χ2n) is 9.63. The maximum Gasteiger partial charge on any atom is 0.257 e. The molecule has 5 rings (SSSR count). The van der Waals surface area contributed by atoms with Crippen molar-refractivity contribution in [1.82, 2.24) is 24.8 Å². The van der Waals surface area contributed by atoms with Gasteiger partial charge in [0.1, 0.15) is 6.33 Å². The van der Waals surface area contributed by atoms with E-state index >= 15 is 0 Å². The molecule has 2 saturated heterocycles. The average molecular weight is 471 g/mol. The Bertz CT molecular complexity index is 1060. The van der Waals surface area contributed by atoms with Crippen LogP contribution in [0.1, 0.15) is 47.4 Å². The molecule has 0 radical (unpaired) electrons. The molecular weight excluding hydrogens is 436 g/mol. The number of aryl methyl sites for hydroxylation is 2. The van der Waals surface area contributed by atoms with Crippen LogP contribution in [0.5, 0.6) is 0 Å². The molecule has 182 valence electrons. The van der Waals surface area contributed by atoms with E-state index < -0.39 is 0 Å². The van der Waals surface area contributed by atoms with Gasteiger partial charge in [0.2, 0.25) is 0 Å². The molecule has 7 nitrogen and oxygen atoms in total. The molecule has 0 bridgehead atoms. The van der Waals surface area contributed by atoms with Crippen LogP contribution in [0.3, 0.4) is 0 Å². The maximum absolute atomic E-state index is 13.1. The number of pyridine rings is 1. The first-order valence-corrected chi connectivity index (χ1v) is 12.7. The van der Waals surface area contributed by atoms with E-state index in [1.807, 2.05) is 37.2 Å². The Kier molecular flexibility index (Phi) is 7.04. The van der Waals surface area contributed by atoms with E-state index in [0.29, 0.717) is 17.6 Å². The zero-order chi connectivity index (χ0) is 24.2. The summed E-state index contributed by atoms with van der Waals surface area (Å²) in [6.07, 6.45) is 9.60. The van der Waals surface area contributed by atoms with Crippen LogP contribution in [0, 0.1) is 13.8 Å². The minimum Gasteiger partial charge on any atom is -0.338 e. The van der Waals surface area contributed by atoms with Crippen molar-refractivity contribution in [2.45, 2.75) is 51.6 Å². The van der Waals surface area contributed by atoms with Gasteiger partial charge >= 0.3 is 0 Å². The minimum absolute atomic E-state index is 0.0766. The summed E-state index contributed by atoms with van der Waals surface area (Å²) in [7, 11) is 0. The summed E-state index contributed by atoms with van der Waals surface area (Å²) in [6.45, 7) is 7.54. The molecule has 0 spiro atoms. The third-order valence-electron chi connectivity index (χ3n) is 7.53. The first-order chi connectivity index (χ1) is 17.1. The van der Waals surface area contributed by atoms with Gasteiger partial charge in [-0.05, 0) is 63.8 Å². The number of rotatable bonds is 5. The highest BCUT2D eigenvalue weighted by atomic mass is 16.2. The molecule has 1 amide bonds. The highest BCUT2D eigenvalue weighted by Gasteiger charge is 2.33. The van der Waals surface area contributed by atoms with Gasteiger partial charge in [-0.15, -0.1) is 0 Å². The van der Waals surface area contributed by atoms with Gasteiger partial charge in [0.25, 0.3) is 5.91 Å². The molecular formula is C28H34N6O. The molecule has 1 aromatic carbocycles. The first kappa shape index (κ1) is 23.4. The van der Waals surface area contributed by atoms with Gasteiger partial charge in [-0.3, -0.25) is 9.78 Å². The third-order valence-corrected chi connectivity index (χ3v) is 7.53. The van der Waals surface area contributed by atoms with Crippen molar-refractivity contribution in [2.75, 3.05) is 31.1 Å². The van der Waals surface area contributed by atoms with Crippen LogP contribution < -0.4 is 4.90 Å². The number of para-hydroxylation sites is 1. The Labute approximate surface area is 207 Å². The fourth-order valence-electron chi connectivity index (χ4n) is 5.66. The molecule has 2 fully saturated rings. The normalized spacial score (nSPS) is 17.9. The van der Waals surface area contributed by atoms with Gasteiger partial charge < -0.3 is 14.7 Å². The number of hydrogen-bond acceptors (Lipinski definition) is 6. The molecule has 0 N–H and O–H groups in total. The number of aromatic nitrogens is 3. The second-order valence-corrected chi connectivity index (χ2v) is 9.63. The van der Waals surface area contributed by atoms with Crippen molar-refractivity contribution in [1.29, 1.82) is 0 Å². The summed E-state index contributed by atoms with van der Waals surface area (Å²) >= 11 is 0. The lowest BCUT2D eigenvalue weighted by Crippen LogP contribution is -2.51. The number of piperidine rings is 2. The smallest absolute Gasteiger partial charge is 0.257 e. The summed E-state index contributed by atoms with van der Waals surface area (Å²) in [5.74, 6) is 0.0766. The SMILES string of the molecule is Cc1ncnc(C)c1C(=O)N1CCC(N2CCC(N(c3ccccc3)c3cccnc3)CC2)CC1. The molecule has 0 atom stereocenters. The molecule has 2 aliphatic rings. The topological polar surface area (TPSA) is 65.5 Å². The predicted octanol–water partition coefficient (Wildman–Crippen LogP) is 4.40. The summed E-state index contributed by atoms with van der Waals surface area (Å²) in [4.78, 5) is 33.1. The zero-order valence-electron chi connectivity index (χ0n) is 20.7. The third kappa shape index (κ3) is 5.05. The Balaban J connectivity index is 1.20. The van der Waals surface area contributed by atoms with E-state index in [0.717, 1.165) is 68.9 Å². The molecule has 35 heavy (non-hydrogen) atoms.